The molecule has 0 fully saturated rings. The van der Waals surface area contributed by atoms with Crippen molar-refractivity contribution in [2.75, 3.05) is 0 Å². The average Bonchev–Trinajstić information content (AvgIpc) is 1.85. The summed E-state index contributed by atoms with van der Waals surface area (Å²) >= 11 is 0. The van der Waals surface area contributed by atoms with E-state index in [2.05, 4.69) is 0 Å². The molecule has 0 aromatic carbocycles. The number of hydrogen-bond donors (Lipinski definition) is 2. The van der Waals surface area contributed by atoms with Crippen molar-refractivity contribution in [3.05, 3.63) is 12.2 Å². The van der Waals surface area contributed by atoms with Gasteiger partial charge in [-0.1, -0.05) is 12.2 Å². The molecule has 0 saturated carbocycles. The number of aliphatic hydroxyl groups is 2. The van der Waals surface area contributed by atoms with Crippen LogP contribution in [0.1, 0.15) is 33.6 Å². The van der Waals surface area contributed by atoms with Crippen molar-refractivity contribution in [3.63, 3.8) is 0 Å². The molecule has 3 nitrogen and oxygen atoms in total. The number of aldehydes is 1. The quantitative estimate of drug-likeness (QED) is 0.293. The lowest BCUT2D eigenvalue weighted by molar-refractivity contribution is -0.127. The van der Waals surface area contributed by atoms with E-state index in [9.17, 15) is 4.79 Å². The van der Waals surface area contributed by atoms with Crippen LogP contribution in [-0.2, 0) is 4.79 Å². The van der Waals surface area contributed by atoms with E-state index in [1.54, 1.807) is 0 Å². The van der Waals surface area contributed by atoms with Crippen LogP contribution in [0.3, 0.4) is 0 Å². The zero-order chi connectivity index (χ0) is 10.0. The molecule has 0 saturated heterocycles. The summed E-state index contributed by atoms with van der Waals surface area (Å²) in [6, 6.07) is 0. The van der Waals surface area contributed by atoms with Crippen molar-refractivity contribution in [1.82, 2.24) is 0 Å². The molecule has 0 heterocycles. The van der Waals surface area contributed by atoms with E-state index in [1.165, 1.54) is 13.8 Å². The summed E-state index contributed by atoms with van der Waals surface area (Å²) in [5.74, 6) is -1.50. The first-order valence-electron chi connectivity index (χ1n) is 3.91. The molecule has 72 valence electrons. The lowest BCUT2D eigenvalue weighted by Crippen LogP contribution is -2.15. The van der Waals surface area contributed by atoms with E-state index in [0.29, 0.717) is 6.42 Å². The second-order valence-electron chi connectivity index (χ2n) is 2.81. The van der Waals surface area contributed by atoms with Crippen LogP contribution in [0.4, 0.5) is 0 Å². The van der Waals surface area contributed by atoms with E-state index in [1.807, 2.05) is 19.1 Å². The van der Waals surface area contributed by atoms with Gasteiger partial charge in [0, 0.05) is 6.42 Å². The van der Waals surface area contributed by atoms with Crippen molar-refractivity contribution < 1.29 is 15.0 Å². The number of allylic oxidation sites excluding steroid dienone is 2. The van der Waals surface area contributed by atoms with Gasteiger partial charge >= 0.3 is 0 Å². The Hall–Kier alpha value is -0.670. The predicted molar refractivity (Wildman–Crippen MR) is 48.6 cm³/mol. The minimum atomic E-state index is -1.50. The Bertz CT molecular complexity index is 116. The molecule has 0 aliphatic rings. The minimum Gasteiger partial charge on any atom is -0.366 e. The van der Waals surface area contributed by atoms with Crippen LogP contribution in [0, 0.1) is 0 Å². The number of unbranched alkanes of at least 4 members (excludes halogenated alkanes) is 1. The van der Waals surface area contributed by atoms with Crippen molar-refractivity contribution in [3.8, 4) is 0 Å². The summed E-state index contributed by atoms with van der Waals surface area (Å²) in [5.41, 5.74) is 0. The van der Waals surface area contributed by atoms with E-state index in [-0.39, 0.29) is 0 Å². The van der Waals surface area contributed by atoms with Gasteiger partial charge in [0.2, 0.25) is 0 Å². The van der Waals surface area contributed by atoms with Crippen LogP contribution >= 0.6 is 0 Å². The van der Waals surface area contributed by atoms with Gasteiger partial charge in [-0.3, -0.25) is 0 Å². The number of carbonyl (C=O) groups is 1. The van der Waals surface area contributed by atoms with Gasteiger partial charge in [0.05, 0.1) is 0 Å². The Labute approximate surface area is 73.7 Å². The highest BCUT2D eigenvalue weighted by Gasteiger charge is 2.00. The van der Waals surface area contributed by atoms with Gasteiger partial charge in [-0.25, -0.2) is 0 Å². The number of carbonyl (C=O) groups excluding carboxylic acids is 1. The Kier molecular flexibility index (Phi) is 9.75. The smallest absolute Gasteiger partial charge is 0.156 e. The van der Waals surface area contributed by atoms with E-state index in [0.717, 1.165) is 12.7 Å². The molecule has 0 radical (unpaired) electrons. The maximum atomic E-state index is 9.65. The third-order valence-electron chi connectivity index (χ3n) is 0.687. The molecule has 0 unspecified atom stereocenters. The fraction of sp³-hybridized carbons (Fsp3) is 0.667. The summed E-state index contributed by atoms with van der Waals surface area (Å²) in [6.45, 7) is 4.55. The predicted octanol–water partition coefficient (Wildman–Crippen LogP) is 1.25. The standard InChI is InChI=1S/C6H10O.C3H8O2/c1-2-3-4-5-6-7;1-3(2,4)5/h2-3,6H,4-5H2,1H3;4-5H,1-2H3/b3-2-;. The van der Waals surface area contributed by atoms with Gasteiger partial charge in [0.1, 0.15) is 6.29 Å². The zero-order valence-electron chi connectivity index (χ0n) is 7.95. The molecule has 0 amide bonds. The summed E-state index contributed by atoms with van der Waals surface area (Å²) in [5, 5.41) is 16.2. The molecule has 0 aliphatic carbocycles. The van der Waals surface area contributed by atoms with E-state index in [4.69, 9.17) is 10.2 Å². The molecule has 0 atom stereocenters. The van der Waals surface area contributed by atoms with E-state index >= 15 is 0 Å². The normalized spacial score (nSPS) is 10.8. The summed E-state index contributed by atoms with van der Waals surface area (Å²) < 4.78 is 0. The molecule has 2 N–H and O–H groups in total. The highest BCUT2D eigenvalue weighted by Crippen LogP contribution is 1.88. The molecule has 0 bridgehead atoms. The van der Waals surface area contributed by atoms with Crippen molar-refractivity contribution in [1.29, 1.82) is 0 Å². The van der Waals surface area contributed by atoms with Crippen molar-refractivity contribution in [2.24, 2.45) is 0 Å². The maximum absolute atomic E-state index is 9.65. The summed E-state index contributed by atoms with van der Waals surface area (Å²) in [4.78, 5) is 9.65. The Morgan fingerprint density at radius 3 is 1.92 bits per heavy atom. The second kappa shape index (κ2) is 8.43. The van der Waals surface area contributed by atoms with E-state index < -0.39 is 5.79 Å². The van der Waals surface area contributed by atoms with Crippen LogP contribution in [0.5, 0.6) is 0 Å². The monoisotopic (exact) mass is 174 g/mol. The van der Waals surface area contributed by atoms with Crippen LogP contribution in [0.15, 0.2) is 12.2 Å². The Morgan fingerprint density at radius 1 is 1.25 bits per heavy atom. The van der Waals surface area contributed by atoms with Gasteiger partial charge in [-0.05, 0) is 27.2 Å². The van der Waals surface area contributed by atoms with Crippen LogP contribution in [0.25, 0.3) is 0 Å². The third-order valence-corrected chi connectivity index (χ3v) is 0.687. The van der Waals surface area contributed by atoms with Crippen LogP contribution < -0.4 is 0 Å². The molecule has 12 heavy (non-hydrogen) atoms. The Balaban J connectivity index is 0. The van der Waals surface area contributed by atoms with Crippen molar-refractivity contribution in [2.45, 2.75) is 39.4 Å². The van der Waals surface area contributed by atoms with Gasteiger partial charge in [-0.2, -0.15) is 0 Å². The first kappa shape index (κ1) is 13.9. The summed E-state index contributed by atoms with van der Waals surface area (Å²) in [6.07, 6.45) is 6.40. The first-order chi connectivity index (χ1) is 5.41. The fourth-order valence-corrected chi connectivity index (χ4v) is 0.331. The van der Waals surface area contributed by atoms with Crippen molar-refractivity contribution >= 4 is 6.29 Å². The highest BCUT2D eigenvalue weighted by atomic mass is 16.5. The first-order valence-corrected chi connectivity index (χ1v) is 3.91. The third kappa shape index (κ3) is 58.4. The molecule has 0 aromatic heterocycles. The van der Waals surface area contributed by atoms with Gasteiger partial charge in [0.25, 0.3) is 0 Å². The summed E-state index contributed by atoms with van der Waals surface area (Å²) in [7, 11) is 0. The second-order valence-corrected chi connectivity index (χ2v) is 2.81. The van der Waals surface area contributed by atoms with Gasteiger partial charge in [-0.15, -0.1) is 0 Å². The number of hydrogen-bond acceptors (Lipinski definition) is 3. The SMILES string of the molecule is C/C=C\CCC=O.CC(C)(O)O. The molecule has 0 aliphatic heterocycles. The van der Waals surface area contributed by atoms with Crippen LogP contribution in [0.2, 0.25) is 0 Å². The molecular formula is C9H18O3. The molecule has 3 heteroatoms. The number of rotatable bonds is 3. The van der Waals surface area contributed by atoms with Crippen LogP contribution in [-0.4, -0.2) is 22.3 Å². The minimum absolute atomic E-state index is 0.657. The van der Waals surface area contributed by atoms with Gasteiger partial charge in [0.15, 0.2) is 5.79 Å². The van der Waals surface area contributed by atoms with Gasteiger partial charge < -0.3 is 15.0 Å². The Morgan fingerprint density at radius 2 is 1.67 bits per heavy atom. The molecule has 0 aromatic rings. The molecular weight excluding hydrogens is 156 g/mol. The maximum Gasteiger partial charge on any atom is 0.156 e. The average molecular weight is 174 g/mol. The zero-order valence-corrected chi connectivity index (χ0v) is 7.95. The fourth-order valence-electron chi connectivity index (χ4n) is 0.331. The highest BCUT2D eigenvalue weighted by molar-refractivity contribution is 5.49. The topological polar surface area (TPSA) is 57.5 Å². The lowest BCUT2D eigenvalue weighted by Gasteiger charge is -2.03. The molecule has 0 spiro atoms. The lowest BCUT2D eigenvalue weighted by atomic mass is 10.3. The molecule has 0 rings (SSSR count). The largest absolute Gasteiger partial charge is 0.366 e.